The first-order valence-electron chi connectivity index (χ1n) is 9.68. The van der Waals surface area contributed by atoms with E-state index >= 15 is 0 Å². The highest BCUT2D eigenvalue weighted by molar-refractivity contribution is 5.94. The molecule has 4 rings (SSSR count). The summed E-state index contributed by atoms with van der Waals surface area (Å²) in [6.45, 7) is -0.199. The lowest BCUT2D eigenvalue weighted by Crippen LogP contribution is -2.08. The summed E-state index contributed by atoms with van der Waals surface area (Å²) in [7, 11) is 0. The standard InChI is InChI=1S/C22H23N3O3/c26-20(24-25-21-18-8-4-5-9-19(18)23-22(21)27)14-28-17-12-10-16(11-13-17)15-6-2-1-3-7-15/h4-5,8-13,15,23,27H,1-3,6-7,14H2. The van der Waals surface area contributed by atoms with Crippen molar-refractivity contribution in [1.82, 2.24) is 4.98 Å². The predicted octanol–water partition coefficient (Wildman–Crippen LogP) is 5.61. The molecule has 144 valence electrons. The Morgan fingerprint density at radius 1 is 1.07 bits per heavy atom. The van der Waals surface area contributed by atoms with E-state index in [9.17, 15) is 9.90 Å². The predicted molar refractivity (Wildman–Crippen MR) is 107 cm³/mol. The molecule has 1 amide bonds. The number of amides is 1. The van der Waals surface area contributed by atoms with E-state index in [0.717, 1.165) is 5.52 Å². The second kappa shape index (κ2) is 8.25. The molecule has 0 spiro atoms. The monoisotopic (exact) mass is 377 g/mol. The molecule has 0 radical (unpaired) electrons. The molecule has 1 saturated carbocycles. The molecular formula is C22H23N3O3. The third-order valence-electron chi connectivity index (χ3n) is 5.24. The fraction of sp³-hybridized carbons (Fsp3) is 0.318. The lowest BCUT2D eigenvalue weighted by atomic mass is 9.84. The number of ether oxygens (including phenoxy) is 1. The van der Waals surface area contributed by atoms with Gasteiger partial charge < -0.3 is 14.8 Å². The van der Waals surface area contributed by atoms with Crippen LogP contribution in [0.4, 0.5) is 5.69 Å². The van der Waals surface area contributed by atoms with Crippen LogP contribution in [0.15, 0.2) is 58.8 Å². The van der Waals surface area contributed by atoms with Gasteiger partial charge in [-0.1, -0.05) is 49.6 Å². The van der Waals surface area contributed by atoms with Crippen molar-refractivity contribution < 1.29 is 14.6 Å². The van der Waals surface area contributed by atoms with Gasteiger partial charge in [0.05, 0.1) is 5.52 Å². The summed E-state index contributed by atoms with van der Waals surface area (Å²) >= 11 is 0. The molecule has 0 unspecified atom stereocenters. The first-order valence-corrected chi connectivity index (χ1v) is 9.68. The lowest BCUT2D eigenvalue weighted by Gasteiger charge is -2.22. The molecule has 3 aromatic rings. The molecule has 28 heavy (non-hydrogen) atoms. The third-order valence-corrected chi connectivity index (χ3v) is 5.24. The van der Waals surface area contributed by atoms with Crippen molar-refractivity contribution in [2.45, 2.75) is 38.0 Å². The number of nitrogens with one attached hydrogen (secondary N) is 1. The molecule has 0 atom stereocenters. The van der Waals surface area contributed by atoms with Gasteiger partial charge in [0.1, 0.15) is 5.75 Å². The number of nitrogens with zero attached hydrogens (tertiary/aromatic N) is 2. The van der Waals surface area contributed by atoms with E-state index in [1.807, 2.05) is 30.3 Å². The van der Waals surface area contributed by atoms with Gasteiger partial charge in [0, 0.05) is 5.39 Å². The minimum atomic E-state index is -0.513. The van der Waals surface area contributed by atoms with Gasteiger partial charge in [-0.3, -0.25) is 4.79 Å². The highest BCUT2D eigenvalue weighted by Gasteiger charge is 2.15. The summed E-state index contributed by atoms with van der Waals surface area (Å²) in [6, 6.07) is 15.3. The van der Waals surface area contributed by atoms with Crippen molar-refractivity contribution in [3.63, 3.8) is 0 Å². The highest BCUT2D eigenvalue weighted by Crippen LogP contribution is 2.35. The van der Waals surface area contributed by atoms with Crippen molar-refractivity contribution in [3.8, 4) is 11.6 Å². The fourth-order valence-electron chi connectivity index (χ4n) is 3.77. The van der Waals surface area contributed by atoms with Crippen molar-refractivity contribution in [2.75, 3.05) is 6.61 Å². The van der Waals surface area contributed by atoms with Gasteiger partial charge in [0.2, 0.25) is 5.88 Å². The Labute approximate surface area is 163 Å². The van der Waals surface area contributed by atoms with E-state index < -0.39 is 5.91 Å². The van der Waals surface area contributed by atoms with Crippen LogP contribution in [-0.4, -0.2) is 22.6 Å². The van der Waals surface area contributed by atoms with Gasteiger partial charge in [-0.15, -0.1) is 10.2 Å². The summed E-state index contributed by atoms with van der Waals surface area (Å²) in [5.41, 5.74) is 2.32. The Morgan fingerprint density at radius 3 is 2.61 bits per heavy atom. The number of carbonyl (C=O) groups is 1. The summed E-state index contributed by atoms with van der Waals surface area (Å²) < 4.78 is 5.52. The van der Waals surface area contributed by atoms with E-state index in [1.54, 1.807) is 6.07 Å². The van der Waals surface area contributed by atoms with Crippen LogP contribution in [0.1, 0.15) is 43.6 Å². The van der Waals surface area contributed by atoms with Crippen LogP contribution in [-0.2, 0) is 4.79 Å². The molecule has 1 heterocycles. The van der Waals surface area contributed by atoms with E-state index in [0.29, 0.717) is 17.1 Å². The van der Waals surface area contributed by atoms with Gasteiger partial charge in [-0.2, -0.15) is 0 Å². The van der Waals surface area contributed by atoms with E-state index in [2.05, 4.69) is 27.3 Å². The topological polar surface area (TPSA) is 87.0 Å². The fourth-order valence-corrected chi connectivity index (χ4v) is 3.77. The Morgan fingerprint density at radius 2 is 1.82 bits per heavy atom. The second-order valence-electron chi connectivity index (χ2n) is 7.15. The molecule has 1 aromatic heterocycles. The summed E-state index contributed by atoms with van der Waals surface area (Å²) in [5.74, 6) is 0.651. The molecule has 0 aliphatic heterocycles. The summed E-state index contributed by atoms with van der Waals surface area (Å²) in [4.78, 5) is 14.8. The maximum atomic E-state index is 12.0. The number of fused-ring (bicyclic) bond motifs is 1. The Balaban J connectivity index is 1.35. The first kappa shape index (κ1) is 18.2. The maximum Gasteiger partial charge on any atom is 0.302 e. The maximum absolute atomic E-state index is 12.0. The molecule has 1 fully saturated rings. The smallest absolute Gasteiger partial charge is 0.302 e. The minimum Gasteiger partial charge on any atom is -0.493 e. The van der Waals surface area contributed by atoms with Crippen LogP contribution in [0.5, 0.6) is 11.6 Å². The Kier molecular flexibility index (Phi) is 5.37. The van der Waals surface area contributed by atoms with Crippen LogP contribution in [0.25, 0.3) is 10.9 Å². The van der Waals surface area contributed by atoms with Crippen LogP contribution >= 0.6 is 0 Å². The first-order chi connectivity index (χ1) is 13.7. The zero-order valence-corrected chi connectivity index (χ0v) is 15.6. The minimum absolute atomic E-state index is 0.114. The number of rotatable bonds is 5. The van der Waals surface area contributed by atoms with E-state index in [4.69, 9.17) is 4.74 Å². The van der Waals surface area contributed by atoms with Crippen molar-refractivity contribution in [3.05, 3.63) is 54.1 Å². The molecule has 0 bridgehead atoms. The summed E-state index contributed by atoms with van der Waals surface area (Å²) in [5, 5.41) is 18.2. The van der Waals surface area contributed by atoms with Gasteiger partial charge in [0.15, 0.2) is 12.3 Å². The van der Waals surface area contributed by atoms with Gasteiger partial charge in [0.25, 0.3) is 0 Å². The third kappa shape index (κ3) is 4.06. The zero-order valence-electron chi connectivity index (χ0n) is 15.6. The molecule has 2 aromatic carbocycles. The average Bonchev–Trinajstić information content (AvgIpc) is 3.06. The van der Waals surface area contributed by atoms with Gasteiger partial charge in [-0.05, 0) is 42.5 Å². The van der Waals surface area contributed by atoms with Crippen molar-refractivity contribution in [1.29, 1.82) is 0 Å². The summed E-state index contributed by atoms with van der Waals surface area (Å²) in [6.07, 6.45) is 6.44. The number of hydrogen-bond donors (Lipinski definition) is 2. The number of aromatic nitrogens is 1. The number of azo groups is 1. The normalized spacial score (nSPS) is 15.3. The Bertz CT molecular complexity index is 986. The number of aromatic amines is 1. The number of hydrogen-bond acceptors (Lipinski definition) is 4. The molecule has 1 aliphatic rings. The number of aromatic hydroxyl groups is 1. The molecule has 6 heteroatoms. The molecule has 2 N–H and O–H groups in total. The number of benzene rings is 2. The average molecular weight is 377 g/mol. The highest BCUT2D eigenvalue weighted by atomic mass is 16.5. The number of carbonyl (C=O) groups excluding carboxylic acids is 1. The molecule has 0 saturated heterocycles. The SMILES string of the molecule is O=C(COc1ccc(C2CCCCC2)cc1)N=Nc1c(O)[nH]c2ccccc12. The van der Waals surface area contributed by atoms with Crippen molar-refractivity contribution >= 4 is 22.5 Å². The van der Waals surface area contributed by atoms with Crippen LogP contribution in [0.3, 0.4) is 0 Å². The zero-order chi connectivity index (χ0) is 19.3. The largest absolute Gasteiger partial charge is 0.493 e. The Hall–Kier alpha value is -3.15. The second-order valence-corrected chi connectivity index (χ2v) is 7.15. The van der Waals surface area contributed by atoms with Crippen LogP contribution < -0.4 is 4.74 Å². The number of para-hydroxylation sites is 1. The van der Waals surface area contributed by atoms with E-state index in [-0.39, 0.29) is 18.2 Å². The quantitative estimate of drug-likeness (QED) is 0.567. The van der Waals surface area contributed by atoms with Crippen LogP contribution in [0.2, 0.25) is 0 Å². The van der Waals surface area contributed by atoms with Crippen molar-refractivity contribution in [2.24, 2.45) is 10.2 Å². The van der Waals surface area contributed by atoms with Gasteiger partial charge >= 0.3 is 5.91 Å². The van der Waals surface area contributed by atoms with Crippen LogP contribution in [0, 0.1) is 0 Å². The molecule has 6 nitrogen and oxygen atoms in total. The molecule has 1 aliphatic carbocycles. The number of H-pyrrole nitrogens is 1. The molecular weight excluding hydrogens is 354 g/mol. The lowest BCUT2D eigenvalue weighted by molar-refractivity contribution is -0.120. The van der Waals surface area contributed by atoms with Gasteiger partial charge in [-0.25, -0.2) is 0 Å². The van der Waals surface area contributed by atoms with E-state index in [1.165, 1.54) is 37.7 Å².